The van der Waals surface area contributed by atoms with Gasteiger partial charge in [0.25, 0.3) is 0 Å². The molecule has 4 aromatic rings. The van der Waals surface area contributed by atoms with Gasteiger partial charge in [0.2, 0.25) is 0 Å². The van der Waals surface area contributed by atoms with Gasteiger partial charge in [0.1, 0.15) is 17.2 Å². The van der Waals surface area contributed by atoms with Crippen molar-refractivity contribution in [1.29, 1.82) is 0 Å². The van der Waals surface area contributed by atoms with Gasteiger partial charge in [0.05, 0.1) is 24.8 Å². The van der Waals surface area contributed by atoms with E-state index in [9.17, 15) is 14.0 Å². The van der Waals surface area contributed by atoms with E-state index in [0.29, 0.717) is 23.9 Å². The maximum absolute atomic E-state index is 14.6. The molecule has 0 saturated heterocycles. The van der Waals surface area contributed by atoms with Gasteiger partial charge < -0.3 is 19.1 Å². The Kier molecular flexibility index (Phi) is 9.47. The number of nitrogens with zero attached hydrogens (tertiary/aromatic N) is 1. The van der Waals surface area contributed by atoms with Crippen molar-refractivity contribution in [2.75, 3.05) is 13.7 Å². The molecule has 1 heterocycles. The lowest BCUT2D eigenvalue weighted by atomic mass is 9.81. The number of hydrogen-bond acceptors (Lipinski definition) is 5. The van der Waals surface area contributed by atoms with Gasteiger partial charge >= 0.3 is 12.1 Å². The lowest BCUT2D eigenvalue weighted by molar-refractivity contribution is 0.0162. The zero-order valence-corrected chi connectivity index (χ0v) is 26.9. The zero-order valence-electron chi connectivity index (χ0n) is 26.9. The molecule has 0 aliphatic carbocycles. The van der Waals surface area contributed by atoms with Crippen molar-refractivity contribution >= 4 is 22.8 Å². The van der Waals surface area contributed by atoms with Crippen LogP contribution in [0, 0.1) is 12.7 Å². The monoisotopic (exact) mass is 611 g/mol. The minimum absolute atomic E-state index is 0.0768. The molecule has 6 nitrogen and oxygen atoms in total. The molecule has 0 bridgehead atoms. The smallest absolute Gasteiger partial charge is 0.410 e. The maximum atomic E-state index is 14.6. The van der Waals surface area contributed by atoms with Crippen LogP contribution in [0.1, 0.15) is 91.5 Å². The number of ether oxygens (including phenoxy) is 3. The third-order valence-electron chi connectivity index (χ3n) is 8.53. The van der Waals surface area contributed by atoms with Crippen molar-refractivity contribution in [3.8, 4) is 5.75 Å². The van der Waals surface area contributed by atoms with Gasteiger partial charge in [-0.3, -0.25) is 0 Å². The summed E-state index contributed by atoms with van der Waals surface area (Å²) in [6.45, 7) is 10.00. The number of aryl methyl sites for hydroxylation is 1. The SMILES string of the molecule is COC(=O)c1ccc(C2C[C@H](CCCN(C(=O)OC(C)(C)C)[C@H](C)c3ccc(F)c4ccccc34)Oc3ccccc32)c(C)c1. The van der Waals surface area contributed by atoms with Crippen molar-refractivity contribution in [1.82, 2.24) is 4.90 Å². The summed E-state index contributed by atoms with van der Waals surface area (Å²) in [6, 6.07) is 24.1. The zero-order chi connectivity index (χ0) is 32.3. The number of benzene rings is 4. The number of amides is 1. The van der Waals surface area contributed by atoms with Crippen molar-refractivity contribution in [3.05, 3.63) is 112 Å². The summed E-state index contributed by atoms with van der Waals surface area (Å²) in [5.74, 6) is 0.306. The lowest BCUT2D eigenvalue weighted by Crippen LogP contribution is -2.39. The number of methoxy groups -OCH3 is 1. The van der Waals surface area contributed by atoms with E-state index in [1.165, 1.54) is 13.2 Å². The molecule has 1 unspecified atom stereocenters. The topological polar surface area (TPSA) is 65.1 Å². The highest BCUT2D eigenvalue weighted by Crippen LogP contribution is 2.42. The fourth-order valence-electron chi connectivity index (χ4n) is 6.35. The van der Waals surface area contributed by atoms with Gasteiger partial charge in [0, 0.05) is 23.4 Å². The van der Waals surface area contributed by atoms with Crippen LogP contribution in [0.15, 0.2) is 78.9 Å². The molecular formula is C38H42FNO5. The first-order valence-electron chi connectivity index (χ1n) is 15.6. The van der Waals surface area contributed by atoms with Crippen LogP contribution < -0.4 is 4.74 Å². The minimum Gasteiger partial charge on any atom is -0.490 e. The van der Waals surface area contributed by atoms with Crippen molar-refractivity contribution in [3.63, 3.8) is 0 Å². The molecule has 5 rings (SSSR count). The van der Waals surface area contributed by atoms with Crippen LogP contribution in [0.5, 0.6) is 5.75 Å². The van der Waals surface area contributed by atoms with Gasteiger partial charge in [0.15, 0.2) is 0 Å². The van der Waals surface area contributed by atoms with Crippen LogP contribution in [-0.4, -0.2) is 42.3 Å². The van der Waals surface area contributed by atoms with Gasteiger partial charge in [-0.05, 0) is 100 Å². The quantitative estimate of drug-likeness (QED) is 0.186. The molecule has 0 saturated carbocycles. The average molecular weight is 612 g/mol. The molecule has 0 N–H and O–H groups in total. The first-order valence-corrected chi connectivity index (χ1v) is 15.6. The Morgan fingerprint density at radius 1 is 0.978 bits per heavy atom. The van der Waals surface area contributed by atoms with Gasteiger partial charge in [-0.25, -0.2) is 14.0 Å². The fourth-order valence-corrected chi connectivity index (χ4v) is 6.35. The second-order valence-corrected chi connectivity index (χ2v) is 12.8. The van der Waals surface area contributed by atoms with E-state index in [4.69, 9.17) is 14.2 Å². The molecule has 7 heteroatoms. The van der Waals surface area contributed by atoms with Crippen LogP contribution in [-0.2, 0) is 9.47 Å². The molecule has 45 heavy (non-hydrogen) atoms. The number of esters is 1. The van der Waals surface area contributed by atoms with E-state index in [2.05, 4.69) is 6.07 Å². The van der Waals surface area contributed by atoms with Crippen LogP contribution >= 0.6 is 0 Å². The minimum atomic E-state index is -0.662. The maximum Gasteiger partial charge on any atom is 0.410 e. The van der Waals surface area contributed by atoms with Gasteiger partial charge in [-0.15, -0.1) is 0 Å². The number of hydrogen-bond donors (Lipinski definition) is 0. The van der Waals surface area contributed by atoms with Crippen LogP contribution in [0.25, 0.3) is 10.8 Å². The summed E-state index contributed by atoms with van der Waals surface area (Å²) in [6.07, 6.45) is 1.69. The number of para-hydroxylation sites is 1. The average Bonchev–Trinajstić information content (AvgIpc) is 3.01. The highest BCUT2D eigenvalue weighted by atomic mass is 19.1. The molecule has 236 valence electrons. The van der Waals surface area contributed by atoms with E-state index in [0.717, 1.165) is 46.2 Å². The van der Waals surface area contributed by atoms with Crippen molar-refractivity contribution < 1.29 is 28.2 Å². The molecule has 0 fully saturated rings. The Bertz CT molecular complexity index is 1690. The molecule has 1 amide bonds. The van der Waals surface area contributed by atoms with Crippen molar-refractivity contribution in [2.24, 2.45) is 0 Å². The summed E-state index contributed by atoms with van der Waals surface area (Å²) in [4.78, 5) is 27.4. The van der Waals surface area contributed by atoms with E-state index >= 15 is 0 Å². The van der Waals surface area contributed by atoms with Crippen LogP contribution in [0.3, 0.4) is 0 Å². The Balaban J connectivity index is 1.37. The first kappa shape index (κ1) is 32.0. The largest absolute Gasteiger partial charge is 0.490 e. The Morgan fingerprint density at radius 3 is 2.40 bits per heavy atom. The van der Waals surface area contributed by atoms with E-state index in [1.54, 1.807) is 17.0 Å². The van der Waals surface area contributed by atoms with E-state index in [1.807, 2.05) is 89.2 Å². The molecule has 1 aliphatic rings. The van der Waals surface area contributed by atoms with E-state index in [-0.39, 0.29) is 29.9 Å². The highest BCUT2D eigenvalue weighted by molar-refractivity contribution is 5.89. The summed E-state index contributed by atoms with van der Waals surface area (Å²) in [5, 5.41) is 1.31. The number of carbonyl (C=O) groups is 2. The standard InChI is InChI=1S/C38H42FNO5/c1-24-22-26(36(41)43-6)17-18-28(24)33-23-27(44-35-16-10-9-15-32(33)35)12-11-21-40(37(42)45-38(3,4)5)25(2)29-19-20-34(39)31-14-8-7-13-30(29)31/h7-10,13-20,22,25,27,33H,11-12,21,23H2,1-6H3/t25-,27+,33?/m1/s1. The predicted octanol–water partition coefficient (Wildman–Crippen LogP) is 9.14. The second kappa shape index (κ2) is 13.3. The lowest BCUT2D eigenvalue weighted by Gasteiger charge is -2.35. The first-order chi connectivity index (χ1) is 21.5. The third-order valence-corrected chi connectivity index (χ3v) is 8.53. The molecular weight excluding hydrogens is 569 g/mol. The Hall–Kier alpha value is -4.39. The molecule has 0 aromatic heterocycles. The Morgan fingerprint density at radius 2 is 1.69 bits per heavy atom. The molecule has 1 aliphatic heterocycles. The van der Waals surface area contributed by atoms with Gasteiger partial charge in [-0.1, -0.05) is 54.6 Å². The number of fused-ring (bicyclic) bond motifs is 2. The predicted molar refractivity (Wildman–Crippen MR) is 174 cm³/mol. The molecule has 0 radical (unpaired) electrons. The normalized spacial score (nSPS) is 16.8. The van der Waals surface area contributed by atoms with E-state index < -0.39 is 11.7 Å². The summed E-state index contributed by atoms with van der Waals surface area (Å²) < 4.78 is 31.9. The summed E-state index contributed by atoms with van der Waals surface area (Å²) in [7, 11) is 1.39. The molecule has 4 aromatic carbocycles. The summed E-state index contributed by atoms with van der Waals surface area (Å²) in [5.41, 5.74) is 4.03. The fraction of sp³-hybridized carbons (Fsp3) is 0.368. The second-order valence-electron chi connectivity index (χ2n) is 12.8. The Labute approximate surface area is 265 Å². The van der Waals surface area contributed by atoms with Crippen LogP contribution in [0.4, 0.5) is 9.18 Å². The highest BCUT2D eigenvalue weighted by Gasteiger charge is 2.32. The number of carbonyl (C=O) groups excluding carboxylic acids is 2. The van der Waals surface area contributed by atoms with Crippen molar-refractivity contribution in [2.45, 2.75) is 77.5 Å². The number of rotatable bonds is 8. The van der Waals surface area contributed by atoms with Crippen LogP contribution in [0.2, 0.25) is 0 Å². The van der Waals surface area contributed by atoms with Gasteiger partial charge in [-0.2, -0.15) is 0 Å². The third kappa shape index (κ3) is 7.14. The molecule has 3 atom stereocenters. The summed E-state index contributed by atoms with van der Waals surface area (Å²) >= 11 is 0. The molecule has 0 spiro atoms. The number of halogens is 1.